The molecule has 0 atom stereocenters. The van der Waals surface area contributed by atoms with E-state index in [-0.39, 0.29) is 16.8 Å². The molecule has 0 amide bonds. The first kappa shape index (κ1) is 12.6. The molecule has 2 rings (SSSR count). The second-order valence-electron chi connectivity index (χ2n) is 4.12. The highest BCUT2D eigenvalue weighted by Gasteiger charge is 2.05. The topological polar surface area (TPSA) is 55.0 Å². The van der Waals surface area contributed by atoms with E-state index in [4.69, 9.17) is 16.3 Å². The minimum absolute atomic E-state index is 0.120. The molecule has 0 aliphatic rings. The maximum atomic E-state index is 11.6. The highest BCUT2D eigenvalue weighted by Crippen LogP contribution is 2.21. The van der Waals surface area contributed by atoms with Crippen molar-refractivity contribution in [3.63, 3.8) is 0 Å². The van der Waals surface area contributed by atoms with Gasteiger partial charge in [0.15, 0.2) is 0 Å². The van der Waals surface area contributed by atoms with E-state index in [1.54, 1.807) is 6.07 Å². The molecule has 1 aromatic heterocycles. The maximum absolute atomic E-state index is 11.6. The molecular weight excluding hydrogens is 252 g/mol. The average molecular weight is 265 g/mol. The lowest BCUT2D eigenvalue weighted by atomic mass is 10.1. The van der Waals surface area contributed by atoms with Crippen molar-refractivity contribution in [2.45, 2.75) is 20.0 Å². The molecule has 0 fully saturated rings. The summed E-state index contributed by atoms with van der Waals surface area (Å²) in [5.74, 6) is 0.769. The highest BCUT2D eigenvalue weighted by molar-refractivity contribution is 6.29. The molecule has 4 nitrogen and oxygen atoms in total. The van der Waals surface area contributed by atoms with Gasteiger partial charge in [-0.1, -0.05) is 23.7 Å². The van der Waals surface area contributed by atoms with Gasteiger partial charge in [0.25, 0.3) is 5.56 Å². The molecule has 0 saturated carbocycles. The SMILES string of the molecule is CC(C)Oc1ccc(-c2cc(Cl)n[nH]c2=O)cc1. The van der Waals surface area contributed by atoms with Gasteiger partial charge < -0.3 is 4.74 Å². The third-order valence-corrected chi connectivity index (χ3v) is 2.50. The van der Waals surface area contributed by atoms with Gasteiger partial charge in [-0.3, -0.25) is 4.79 Å². The van der Waals surface area contributed by atoms with Crippen LogP contribution in [0.25, 0.3) is 11.1 Å². The molecule has 1 N–H and O–H groups in total. The van der Waals surface area contributed by atoms with Gasteiger partial charge in [0.1, 0.15) is 10.9 Å². The zero-order valence-electron chi connectivity index (χ0n) is 10.1. The maximum Gasteiger partial charge on any atom is 0.272 e. The zero-order chi connectivity index (χ0) is 13.1. The Balaban J connectivity index is 2.34. The molecule has 18 heavy (non-hydrogen) atoms. The normalized spacial score (nSPS) is 10.7. The van der Waals surface area contributed by atoms with Crippen LogP contribution in [0, 0.1) is 0 Å². The fourth-order valence-electron chi connectivity index (χ4n) is 1.58. The van der Waals surface area contributed by atoms with Crippen LogP contribution in [-0.2, 0) is 0 Å². The summed E-state index contributed by atoms with van der Waals surface area (Å²) in [7, 11) is 0. The lowest BCUT2D eigenvalue weighted by Gasteiger charge is -2.09. The van der Waals surface area contributed by atoms with E-state index in [0.717, 1.165) is 11.3 Å². The number of halogens is 1. The van der Waals surface area contributed by atoms with Gasteiger partial charge in [0.2, 0.25) is 0 Å². The number of aromatic amines is 1. The summed E-state index contributed by atoms with van der Waals surface area (Å²) in [5.41, 5.74) is 1.000. The minimum Gasteiger partial charge on any atom is -0.491 e. The first-order valence-corrected chi connectivity index (χ1v) is 5.96. The fraction of sp³-hybridized carbons (Fsp3) is 0.231. The molecule has 0 radical (unpaired) electrons. The quantitative estimate of drug-likeness (QED) is 0.927. The molecule has 0 spiro atoms. The predicted molar refractivity (Wildman–Crippen MR) is 71.1 cm³/mol. The van der Waals surface area contributed by atoms with Gasteiger partial charge in [-0.2, -0.15) is 5.10 Å². The van der Waals surface area contributed by atoms with Crippen LogP contribution in [0.3, 0.4) is 0 Å². The van der Waals surface area contributed by atoms with Crippen LogP contribution in [0.2, 0.25) is 5.15 Å². The van der Waals surface area contributed by atoms with Gasteiger partial charge in [0, 0.05) is 0 Å². The zero-order valence-corrected chi connectivity index (χ0v) is 10.9. The predicted octanol–water partition coefficient (Wildman–Crippen LogP) is 2.88. The lowest BCUT2D eigenvalue weighted by molar-refractivity contribution is 0.242. The van der Waals surface area contributed by atoms with E-state index >= 15 is 0 Å². The number of ether oxygens (including phenoxy) is 1. The first-order valence-electron chi connectivity index (χ1n) is 5.58. The van der Waals surface area contributed by atoms with Crippen LogP contribution in [0.1, 0.15) is 13.8 Å². The third-order valence-electron chi connectivity index (χ3n) is 2.31. The molecule has 1 heterocycles. The first-order chi connectivity index (χ1) is 8.56. The second-order valence-corrected chi connectivity index (χ2v) is 4.51. The summed E-state index contributed by atoms with van der Waals surface area (Å²) in [4.78, 5) is 11.6. The van der Waals surface area contributed by atoms with Gasteiger partial charge in [-0.15, -0.1) is 0 Å². The van der Waals surface area contributed by atoms with E-state index < -0.39 is 0 Å². The number of nitrogens with one attached hydrogen (secondary N) is 1. The Kier molecular flexibility index (Phi) is 3.67. The Hall–Kier alpha value is -1.81. The van der Waals surface area contributed by atoms with Crippen molar-refractivity contribution in [2.75, 3.05) is 0 Å². The molecule has 94 valence electrons. The Morgan fingerprint density at radius 2 is 1.94 bits per heavy atom. The van der Waals surface area contributed by atoms with Crippen molar-refractivity contribution in [1.82, 2.24) is 10.2 Å². The van der Waals surface area contributed by atoms with E-state index in [2.05, 4.69) is 10.2 Å². The monoisotopic (exact) mass is 264 g/mol. The van der Waals surface area contributed by atoms with Crippen molar-refractivity contribution in [3.8, 4) is 16.9 Å². The van der Waals surface area contributed by atoms with Crippen LogP contribution in [0.15, 0.2) is 35.1 Å². The summed E-state index contributed by atoms with van der Waals surface area (Å²) in [6.07, 6.45) is 0.120. The standard InChI is InChI=1S/C13H13ClN2O2/c1-8(2)18-10-5-3-9(4-6-10)11-7-12(14)15-16-13(11)17/h3-8H,1-2H3,(H,16,17). The Morgan fingerprint density at radius 1 is 1.28 bits per heavy atom. The molecule has 0 aliphatic carbocycles. The molecule has 2 aromatic rings. The van der Waals surface area contributed by atoms with Crippen molar-refractivity contribution >= 4 is 11.6 Å². The summed E-state index contributed by atoms with van der Waals surface area (Å²) in [6, 6.07) is 8.82. The van der Waals surface area contributed by atoms with Gasteiger partial charge in [-0.25, -0.2) is 5.10 Å². The summed E-state index contributed by atoms with van der Waals surface area (Å²) in [5, 5.41) is 6.23. The number of H-pyrrole nitrogens is 1. The molecule has 0 saturated heterocycles. The number of rotatable bonds is 3. The van der Waals surface area contributed by atoms with Crippen molar-refractivity contribution in [3.05, 3.63) is 45.8 Å². The Bertz CT molecular complexity index is 591. The fourth-order valence-corrected chi connectivity index (χ4v) is 1.73. The van der Waals surface area contributed by atoms with Gasteiger partial charge in [-0.05, 0) is 37.6 Å². The van der Waals surface area contributed by atoms with E-state index in [1.165, 1.54) is 0 Å². The smallest absolute Gasteiger partial charge is 0.272 e. The van der Waals surface area contributed by atoms with Crippen LogP contribution < -0.4 is 10.3 Å². The second kappa shape index (κ2) is 5.23. The Morgan fingerprint density at radius 3 is 2.56 bits per heavy atom. The van der Waals surface area contributed by atoms with Crippen molar-refractivity contribution in [2.24, 2.45) is 0 Å². The lowest BCUT2D eigenvalue weighted by Crippen LogP contribution is -2.10. The van der Waals surface area contributed by atoms with Crippen LogP contribution in [0.5, 0.6) is 5.75 Å². The van der Waals surface area contributed by atoms with Crippen molar-refractivity contribution < 1.29 is 4.74 Å². The number of benzene rings is 1. The van der Waals surface area contributed by atoms with Crippen LogP contribution >= 0.6 is 11.6 Å². The number of aromatic nitrogens is 2. The highest BCUT2D eigenvalue weighted by atomic mass is 35.5. The summed E-state index contributed by atoms with van der Waals surface area (Å²) < 4.78 is 5.53. The third kappa shape index (κ3) is 2.90. The Labute approximate surface area is 110 Å². The van der Waals surface area contributed by atoms with E-state index in [0.29, 0.717) is 5.56 Å². The summed E-state index contributed by atoms with van der Waals surface area (Å²) in [6.45, 7) is 3.92. The molecule has 0 bridgehead atoms. The van der Waals surface area contributed by atoms with Crippen LogP contribution in [-0.4, -0.2) is 16.3 Å². The van der Waals surface area contributed by atoms with Gasteiger partial charge >= 0.3 is 0 Å². The van der Waals surface area contributed by atoms with Gasteiger partial charge in [0.05, 0.1) is 11.7 Å². The van der Waals surface area contributed by atoms with Crippen LogP contribution in [0.4, 0.5) is 0 Å². The molecule has 0 aliphatic heterocycles. The molecule has 1 aromatic carbocycles. The largest absolute Gasteiger partial charge is 0.491 e. The number of nitrogens with zero attached hydrogens (tertiary/aromatic N) is 1. The number of hydrogen-bond donors (Lipinski definition) is 1. The molecular formula is C13H13ClN2O2. The summed E-state index contributed by atoms with van der Waals surface area (Å²) >= 11 is 5.76. The van der Waals surface area contributed by atoms with Crippen molar-refractivity contribution in [1.29, 1.82) is 0 Å². The van der Waals surface area contributed by atoms with E-state index in [9.17, 15) is 4.79 Å². The minimum atomic E-state index is -0.267. The average Bonchev–Trinajstić information content (AvgIpc) is 2.33. The number of hydrogen-bond acceptors (Lipinski definition) is 3. The van der Waals surface area contributed by atoms with E-state index in [1.807, 2.05) is 38.1 Å². The molecule has 0 unspecified atom stereocenters. The molecule has 5 heteroatoms.